The van der Waals surface area contributed by atoms with E-state index in [1.807, 2.05) is 133 Å². The van der Waals surface area contributed by atoms with Gasteiger partial charge in [0, 0.05) is 28.1 Å². The Bertz CT molecular complexity index is 1580. The molecule has 7 nitrogen and oxygen atoms in total. The van der Waals surface area contributed by atoms with Crippen LogP contribution in [0, 0.1) is 0 Å². The lowest BCUT2D eigenvalue weighted by Crippen LogP contribution is -2.46. The normalized spacial score (nSPS) is 14.9. The van der Waals surface area contributed by atoms with Crippen molar-refractivity contribution in [2.45, 2.75) is 77.0 Å². The summed E-state index contributed by atoms with van der Waals surface area (Å²) in [7, 11) is 0. The highest BCUT2D eigenvalue weighted by Gasteiger charge is 2.53. The Morgan fingerprint density at radius 1 is 0.814 bits per heavy atom. The maximum Gasteiger partial charge on any atom is 0.419 e. The average Bonchev–Trinajstić information content (AvgIpc) is 3.59. The average molecular weight is 580 g/mol. The Morgan fingerprint density at radius 3 is 1.88 bits per heavy atom. The number of rotatable bonds is 7. The minimum absolute atomic E-state index is 0.327. The van der Waals surface area contributed by atoms with Gasteiger partial charge in [-0.05, 0) is 66.5 Å². The summed E-state index contributed by atoms with van der Waals surface area (Å²) in [5, 5.41) is 4.10. The number of ether oxygens (including phenoxy) is 2. The van der Waals surface area contributed by atoms with E-state index >= 15 is 0 Å². The first-order valence-corrected chi connectivity index (χ1v) is 14.9. The monoisotopic (exact) mass is 579 g/mol. The molecular formula is C36H41N3O4. The van der Waals surface area contributed by atoms with Crippen LogP contribution in [0.4, 0.5) is 9.59 Å². The lowest BCUT2D eigenvalue weighted by molar-refractivity contribution is 0.0486. The van der Waals surface area contributed by atoms with Crippen molar-refractivity contribution in [1.29, 1.82) is 0 Å². The molecule has 1 N–H and O–H groups in total. The number of aromatic nitrogens is 1. The van der Waals surface area contributed by atoms with Gasteiger partial charge in [0.2, 0.25) is 0 Å². The second-order valence-corrected chi connectivity index (χ2v) is 13.2. The number of benzene rings is 3. The molecule has 1 heterocycles. The van der Waals surface area contributed by atoms with Gasteiger partial charge in [-0.3, -0.25) is 4.99 Å². The summed E-state index contributed by atoms with van der Waals surface area (Å²) in [6, 6.07) is 29.9. The van der Waals surface area contributed by atoms with Crippen LogP contribution in [0.15, 0.2) is 96.0 Å². The SMILES string of the molecule is CC(C)(C)OC(=O)NC1(C(CN=C(c2ccccc2)c2ccccc2)c2cc3ccccc3n2C(=O)OC(C)(C)C)CC1. The molecule has 224 valence electrons. The van der Waals surface area contributed by atoms with Gasteiger partial charge in [-0.25, -0.2) is 14.2 Å². The zero-order valence-corrected chi connectivity index (χ0v) is 25.9. The number of amides is 1. The summed E-state index contributed by atoms with van der Waals surface area (Å²) in [6.07, 6.45) is 0.519. The molecule has 1 saturated carbocycles. The number of fused-ring (bicyclic) bond motifs is 1. The van der Waals surface area contributed by atoms with Crippen LogP contribution in [0.2, 0.25) is 0 Å². The van der Waals surface area contributed by atoms with E-state index < -0.39 is 28.9 Å². The maximum atomic E-state index is 13.8. The van der Waals surface area contributed by atoms with E-state index in [2.05, 4.69) is 5.32 Å². The molecule has 7 heteroatoms. The molecule has 0 spiro atoms. The zero-order chi connectivity index (χ0) is 30.8. The van der Waals surface area contributed by atoms with Crippen LogP contribution in [0.1, 0.15) is 77.1 Å². The van der Waals surface area contributed by atoms with Crippen molar-refractivity contribution < 1.29 is 19.1 Å². The Kier molecular flexibility index (Phi) is 8.19. The number of alkyl carbamates (subject to hydrolysis) is 1. The van der Waals surface area contributed by atoms with Gasteiger partial charge in [0.15, 0.2) is 0 Å². The number of nitrogens with one attached hydrogen (secondary N) is 1. The fraction of sp³-hybridized carbons (Fsp3) is 0.361. The molecule has 0 aliphatic heterocycles. The van der Waals surface area contributed by atoms with Crippen LogP contribution in [-0.4, -0.2) is 45.8 Å². The van der Waals surface area contributed by atoms with Gasteiger partial charge in [-0.15, -0.1) is 0 Å². The van der Waals surface area contributed by atoms with Crippen molar-refractivity contribution in [3.05, 3.63) is 108 Å². The molecule has 3 aromatic carbocycles. The first kappa shape index (κ1) is 30.1. The molecule has 0 radical (unpaired) electrons. The largest absolute Gasteiger partial charge is 0.444 e. The number of carbonyl (C=O) groups is 2. The van der Waals surface area contributed by atoms with Crippen LogP contribution >= 0.6 is 0 Å². The molecule has 43 heavy (non-hydrogen) atoms. The molecule has 1 atom stereocenters. The molecule has 1 amide bonds. The topological polar surface area (TPSA) is 81.9 Å². The number of nitrogens with zero attached hydrogens (tertiary/aromatic N) is 2. The third kappa shape index (κ3) is 7.16. The minimum Gasteiger partial charge on any atom is -0.444 e. The summed E-state index contributed by atoms with van der Waals surface area (Å²) < 4.78 is 13.2. The zero-order valence-electron chi connectivity index (χ0n) is 25.9. The quantitative estimate of drug-likeness (QED) is 0.224. The van der Waals surface area contributed by atoms with E-state index in [9.17, 15) is 9.59 Å². The van der Waals surface area contributed by atoms with Crippen molar-refractivity contribution >= 4 is 28.8 Å². The standard InChI is InChI=1S/C36H41N3O4/c1-34(2,3)42-32(40)38-36(21-22-36)28(24-37-31(25-15-9-7-10-16-25)26-17-11-8-12-18-26)30-23-27-19-13-14-20-29(27)39(30)33(41)43-35(4,5)6/h7-20,23,28H,21-22,24H2,1-6H3,(H,38,40). The molecule has 1 aliphatic carbocycles. The van der Waals surface area contributed by atoms with Crippen LogP contribution in [0.25, 0.3) is 10.9 Å². The summed E-state index contributed by atoms with van der Waals surface area (Å²) in [4.78, 5) is 32.2. The smallest absolute Gasteiger partial charge is 0.419 e. The van der Waals surface area contributed by atoms with Crippen molar-refractivity contribution in [3.8, 4) is 0 Å². The second-order valence-electron chi connectivity index (χ2n) is 13.2. The van der Waals surface area contributed by atoms with Crippen molar-refractivity contribution in [2.75, 3.05) is 6.54 Å². The minimum atomic E-state index is -0.687. The molecule has 0 saturated heterocycles. The summed E-state index contributed by atoms with van der Waals surface area (Å²) in [6.45, 7) is 11.4. The van der Waals surface area contributed by atoms with Crippen molar-refractivity contribution in [2.24, 2.45) is 4.99 Å². The van der Waals surface area contributed by atoms with E-state index in [0.717, 1.165) is 46.3 Å². The lowest BCUT2D eigenvalue weighted by atomic mass is 9.92. The van der Waals surface area contributed by atoms with E-state index in [0.29, 0.717) is 6.54 Å². The van der Waals surface area contributed by atoms with Crippen LogP contribution in [0.5, 0.6) is 0 Å². The lowest BCUT2D eigenvalue weighted by Gasteiger charge is -2.30. The first-order chi connectivity index (χ1) is 20.4. The van der Waals surface area contributed by atoms with Gasteiger partial charge in [0.05, 0.1) is 23.3 Å². The Labute approximate surface area is 253 Å². The summed E-state index contributed by atoms with van der Waals surface area (Å²) in [5.41, 5.74) is 2.35. The molecular weight excluding hydrogens is 538 g/mol. The maximum absolute atomic E-state index is 13.8. The molecule has 1 unspecified atom stereocenters. The van der Waals surface area contributed by atoms with Crippen molar-refractivity contribution in [3.63, 3.8) is 0 Å². The van der Waals surface area contributed by atoms with Gasteiger partial charge in [-0.2, -0.15) is 0 Å². The highest BCUT2D eigenvalue weighted by atomic mass is 16.6. The molecule has 1 fully saturated rings. The fourth-order valence-electron chi connectivity index (χ4n) is 5.42. The van der Waals surface area contributed by atoms with Crippen molar-refractivity contribution in [1.82, 2.24) is 9.88 Å². The second kappa shape index (κ2) is 11.7. The first-order valence-electron chi connectivity index (χ1n) is 14.9. The predicted molar refractivity (Wildman–Crippen MR) is 171 cm³/mol. The number of aliphatic imine (C=N–C) groups is 1. The number of hydrogen-bond donors (Lipinski definition) is 1. The van der Waals surface area contributed by atoms with Gasteiger partial charge >= 0.3 is 12.2 Å². The third-order valence-electron chi connectivity index (χ3n) is 7.40. The number of hydrogen-bond acceptors (Lipinski definition) is 5. The molecule has 0 bridgehead atoms. The highest BCUT2D eigenvalue weighted by molar-refractivity contribution is 6.12. The Balaban J connectivity index is 1.65. The number of para-hydroxylation sites is 1. The van der Waals surface area contributed by atoms with E-state index in [1.54, 1.807) is 4.57 Å². The fourth-order valence-corrected chi connectivity index (χ4v) is 5.42. The van der Waals surface area contributed by atoms with Crippen LogP contribution in [-0.2, 0) is 9.47 Å². The Morgan fingerprint density at radius 2 is 1.35 bits per heavy atom. The van der Waals surface area contributed by atoms with E-state index in [-0.39, 0.29) is 5.92 Å². The third-order valence-corrected chi connectivity index (χ3v) is 7.40. The van der Waals surface area contributed by atoms with E-state index in [4.69, 9.17) is 14.5 Å². The molecule has 1 aromatic heterocycles. The van der Waals surface area contributed by atoms with Gasteiger partial charge in [-0.1, -0.05) is 78.9 Å². The molecule has 5 rings (SSSR count). The predicted octanol–water partition coefficient (Wildman–Crippen LogP) is 8.10. The Hall–Kier alpha value is -4.39. The van der Waals surface area contributed by atoms with Crippen LogP contribution < -0.4 is 5.32 Å². The van der Waals surface area contributed by atoms with Crippen LogP contribution in [0.3, 0.4) is 0 Å². The van der Waals surface area contributed by atoms with E-state index in [1.165, 1.54) is 0 Å². The summed E-state index contributed by atoms with van der Waals surface area (Å²) >= 11 is 0. The van der Waals surface area contributed by atoms with Gasteiger partial charge in [0.25, 0.3) is 0 Å². The summed E-state index contributed by atoms with van der Waals surface area (Å²) in [5.74, 6) is -0.345. The molecule has 1 aliphatic rings. The number of carbonyl (C=O) groups excluding carboxylic acids is 2. The molecule has 4 aromatic rings. The highest BCUT2D eigenvalue weighted by Crippen LogP contribution is 2.49. The van der Waals surface area contributed by atoms with Gasteiger partial charge < -0.3 is 14.8 Å². The van der Waals surface area contributed by atoms with Gasteiger partial charge in [0.1, 0.15) is 11.2 Å².